The third-order valence-corrected chi connectivity index (χ3v) is 4.39. The van der Waals surface area contributed by atoms with Crippen LogP contribution in [-0.4, -0.2) is 31.3 Å². The zero-order valence-corrected chi connectivity index (χ0v) is 12.4. The van der Waals surface area contributed by atoms with Crippen molar-refractivity contribution in [3.63, 3.8) is 0 Å². The first-order valence-electron chi connectivity index (χ1n) is 7.50. The van der Waals surface area contributed by atoms with Gasteiger partial charge < -0.3 is 15.4 Å². The van der Waals surface area contributed by atoms with Crippen molar-refractivity contribution in [3.05, 3.63) is 30.1 Å². The van der Waals surface area contributed by atoms with Crippen molar-refractivity contribution in [2.75, 3.05) is 24.6 Å². The second kappa shape index (κ2) is 6.55. The van der Waals surface area contributed by atoms with Gasteiger partial charge in [-0.2, -0.15) is 0 Å². The lowest BCUT2D eigenvalue weighted by Gasteiger charge is -2.49. The molecule has 0 aromatic heterocycles. The first-order valence-corrected chi connectivity index (χ1v) is 7.50. The summed E-state index contributed by atoms with van der Waals surface area (Å²) < 4.78 is 18.9. The van der Waals surface area contributed by atoms with E-state index >= 15 is 0 Å². The number of ether oxygens (including phenoxy) is 1. The molecule has 4 heteroatoms. The summed E-state index contributed by atoms with van der Waals surface area (Å²) in [7, 11) is 0. The number of hydrogen-bond donors (Lipinski definition) is 1. The van der Waals surface area contributed by atoms with Crippen LogP contribution in [0.1, 0.15) is 33.1 Å². The Kier molecular flexibility index (Phi) is 5.00. The fourth-order valence-corrected chi connectivity index (χ4v) is 3.22. The molecule has 1 aliphatic heterocycles. The van der Waals surface area contributed by atoms with E-state index in [-0.39, 0.29) is 17.5 Å². The van der Waals surface area contributed by atoms with E-state index in [1.165, 1.54) is 12.1 Å². The van der Waals surface area contributed by atoms with Crippen LogP contribution >= 0.6 is 0 Å². The molecule has 1 aliphatic rings. The predicted molar refractivity (Wildman–Crippen MR) is 80.5 cm³/mol. The summed E-state index contributed by atoms with van der Waals surface area (Å²) in [6, 6.07) is 6.71. The Hall–Kier alpha value is -1.13. The molecule has 112 valence electrons. The minimum atomic E-state index is -0.204. The van der Waals surface area contributed by atoms with Crippen molar-refractivity contribution in [1.29, 1.82) is 0 Å². The van der Waals surface area contributed by atoms with Crippen molar-refractivity contribution in [3.8, 4) is 0 Å². The van der Waals surface area contributed by atoms with E-state index in [1.54, 1.807) is 0 Å². The van der Waals surface area contributed by atoms with Crippen LogP contribution in [0.3, 0.4) is 0 Å². The van der Waals surface area contributed by atoms with E-state index in [9.17, 15) is 4.39 Å². The number of anilines is 1. The zero-order chi connectivity index (χ0) is 14.6. The number of likely N-dealkylation sites (N-methyl/N-ethyl adjacent to an activating group) is 1. The molecule has 3 nitrogen and oxygen atoms in total. The third-order valence-electron chi connectivity index (χ3n) is 4.39. The maximum Gasteiger partial charge on any atom is 0.123 e. The lowest BCUT2D eigenvalue weighted by atomic mass is 9.83. The maximum absolute atomic E-state index is 13.1. The van der Waals surface area contributed by atoms with E-state index in [0.29, 0.717) is 6.54 Å². The summed E-state index contributed by atoms with van der Waals surface area (Å²) in [6.07, 6.45) is 3.13. The van der Waals surface area contributed by atoms with Gasteiger partial charge in [-0.3, -0.25) is 0 Å². The van der Waals surface area contributed by atoms with Crippen molar-refractivity contribution < 1.29 is 9.13 Å². The topological polar surface area (TPSA) is 38.5 Å². The molecular weight excluding hydrogens is 255 g/mol. The van der Waals surface area contributed by atoms with Crippen LogP contribution < -0.4 is 10.6 Å². The quantitative estimate of drug-likeness (QED) is 0.901. The molecule has 20 heavy (non-hydrogen) atoms. The number of benzene rings is 1. The van der Waals surface area contributed by atoms with E-state index in [0.717, 1.165) is 38.1 Å². The third kappa shape index (κ3) is 2.96. The molecule has 0 saturated carbocycles. The molecule has 1 aromatic carbocycles. The zero-order valence-electron chi connectivity index (χ0n) is 12.4. The Morgan fingerprint density at radius 3 is 2.60 bits per heavy atom. The van der Waals surface area contributed by atoms with E-state index in [1.807, 2.05) is 12.1 Å². The minimum absolute atomic E-state index is 0.0779. The number of nitrogens with zero attached hydrogens (tertiary/aromatic N) is 1. The molecule has 2 unspecified atom stereocenters. The van der Waals surface area contributed by atoms with Crippen LogP contribution in [0.15, 0.2) is 24.3 Å². The number of halogens is 1. The van der Waals surface area contributed by atoms with Crippen LogP contribution in [-0.2, 0) is 4.74 Å². The molecule has 0 bridgehead atoms. The van der Waals surface area contributed by atoms with E-state index < -0.39 is 0 Å². The summed E-state index contributed by atoms with van der Waals surface area (Å²) in [4.78, 5) is 2.32. The average molecular weight is 280 g/mol. The van der Waals surface area contributed by atoms with Gasteiger partial charge in [-0.15, -0.1) is 0 Å². The van der Waals surface area contributed by atoms with E-state index in [2.05, 4.69) is 18.7 Å². The van der Waals surface area contributed by atoms with Crippen LogP contribution in [0.4, 0.5) is 10.1 Å². The summed E-state index contributed by atoms with van der Waals surface area (Å²) in [5.74, 6) is -0.204. The van der Waals surface area contributed by atoms with Gasteiger partial charge in [0.05, 0.1) is 11.6 Å². The number of rotatable bonds is 5. The normalized spacial score (nSPS) is 26.5. The Labute approximate surface area is 120 Å². The Morgan fingerprint density at radius 1 is 1.35 bits per heavy atom. The first-order chi connectivity index (χ1) is 9.65. The van der Waals surface area contributed by atoms with Crippen LogP contribution in [0.2, 0.25) is 0 Å². The molecular formula is C16H25FN2O. The summed E-state index contributed by atoms with van der Waals surface area (Å²) >= 11 is 0. The molecule has 0 aliphatic carbocycles. The molecule has 0 radical (unpaired) electrons. The van der Waals surface area contributed by atoms with Crippen molar-refractivity contribution in [2.24, 2.45) is 5.73 Å². The highest BCUT2D eigenvalue weighted by Gasteiger charge is 2.40. The van der Waals surface area contributed by atoms with Crippen LogP contribution in [0.25, 0.3) is 0 Å². The smallest absolute Gasteiger partial charge is 0.123 e. The van der Waals surface area contributed by atoms with Gasteiger partial charge in [0.2, 0.25) is 0 Å². The molecule has 1 saturated heterocycles. The summed E-state index contributed by atoms with van der Waals surface area (Å²) in [5, 5.41) is 0. The second-order valence-corrected chi connectivity index (χ2v) is 5.50. The number of hydrogen-bond acceptors (Lipinski definition) is 3. The lowest BCUT2D eigenvalue weighted by molar-refractivity contribution is -0.0197. The van der Waals surface area contributed by atoms with Gasteiger partial charge in [0, 0.05) is 25.4 Å². The lowest BCUT2D eigenvalue weighted by Crippen LogP contribution is -2.58. The Morgan fingerprint density at radius 2 is 2.05 bits per heavy atom. The molecule has 2 N–H and O–H groups in total. The van der Waals surface area contributed by atoms with Gasteiger partial charge in [0.25, 0.3) is 0 Å². The van der Waals surface area contributed by atoms with Gasteiger partial charge in [0.15, 0.2) is 0 Å². The van der Waals surface area contributed by atoms with Gasteiger partial charge in [-0.05, 0) is 50.5 Å². The Bertz CT molecular complexity index is 423. The van der Waals surface area contributed by atoms with Crippen molar-refractivity contribution in [1.82, 2.24) is 0 Å². The van der Waals surface area contributed by atoms with Gasteiger partial charge in [0.1, 0.15) is 5.82 Å². The monoisotopic (exact) mass is 280 g/mol. The molecule has 1 aromatic rings. The highest BCUT2D eigenvalue weighted by atomic mass is 19.1. The first kappa shape index (κ1) is 15.3. The van der Waals surface area contributed by atoms with Gasteiger partial charge in [-0.1, -0.05) is 6.92 Å². The SMILES string of the molecule is CCC1CC(CN)(N(CC)c2ccc(F)cc2)CCO1. The molecule has 1 heterocycles. The Balaban J connectivity index is 2.28. The predicted octanol–water partition coefficient (Wildman–Crippen LogP) is 2.94. The molecule has 0 spiro atoms. The van der Waals surface area contributed by atoms with Crippen LogP contribution in [0.5, 0.6) is 0 Å². The standard InChI is InChI=1S/C16H25FN2O/c1-3-15-11-16(12-18,9-10-20-15)19(4-2)14-7-5-13(17)6-8-14/h5-8,15H,3-4,9-12,18H2,1-2H3. The second-order valence-electron chi connectivity index (χ2n) is 5.50. The summed E-state index contributed by atoms with van der Waals surface area (Å²) in [5.41, 5.74) is 7.09. The minimum Gasteiger partial charge on any atom is -0.378 e. The average Bonchev–Trinajstić information content (AvgIpc) is 2.50. The molecule has 2 atom stereocenters. The fourth-order valence-electron chi connectivity index (χ4n) is 3.22. The highest BCUT2D eigenvalue weighted by Crippen LogP contribution is 2.34. The molecule has 2 rings (SSSR count). The number of nitrogens with two attached hydrogens (primary N) is 1. The van der Waals surface area contributed by atoms with Crippen LogP contribution in [0, 0.1) is 5.82 Å². The van der Waals surface area contributed by atoms with E-state index in [4.69, 9.17) is 10.5 Å². The largest absolute Gasteiger partial charge is 0.378 e. The van der Waals surface area contributed by atoms with Gasteiger partial charge >= 0.3 is 0 Å². The van der Waals surface area contributed by atoms with Crippen molar-refractivity contribution >= 4 is 5.69 Å². The fraction of sp³-hybridized carbons (Fsp3) is 0.625. The van der Waals surface area contributed by atoms with Crippen molar-refractivity contribution in [2.45, 2.75) is 44.8 Å². The summed E-state index contributed by atoms with van der Waals surface area (Å²) in [6.45, 7) is 6.47. The highest BCUT2D eigenvalue weighted by molar-refractivity contribution is 5.49. The molecule has 1 fully saturated rings. The molecule has 0 amide bonds. The van der Waals surface area contributed by atoms with Gasteiger partial charge in [-0.25, -0.2) is 4.39 Å². The maximum atomic E-state index is 13.1.